The molecule has 1 amide bonds. The summed E-state index contributed by atoms with van der Waals surface area (Å²) in [6.45, 7) is 4.26. The van der Waals surface area contributed by atoms with Crippen LogP contribution in [0.5, 0.6) is 0 Å². The van der Waals surface area contributed by atoms with Crippen LogP contribution in [0, 0.1) is 5.92 Å². The van der Waals surface area contributed by atoms with Gasteiger partial charge in [-0.05, 0) is 61.2 Å². The zero-order valence-electron chi connectivity index (χ0n) is 21.2. The molecule has 2 N–H and O–H groups in total. The summed E-state index contributed by atoms with van der Waals surface area (Å²) in [7, 11) is 0. The Morgan fingerprint density at radius 3 is 1.82 bits per heavy atom. The Morgan fingerprint density at radius 1 is 0.763 bits per heavy atom. The number of aliphatic carboxylic acids is 2. The third-order valence-corrected chi connectivity index (χ3v) is 6.73. The van der Waals surface area contributed by atoms with Crippen molar-refractivity contribution in [3.05, 3.63) is 107 Å². The molecular formula is C30H33ClN2O5. The normalized spacial score (nSPS) is 13.7. The quantitative estimate of drug-likeness (QED) is 0.394. The number of benzene rings is 3. The molecule has 0 unspecified atom stereocenters. The number of carboxylic acid groups (broad SMARTS) is 2. The lowest BCUT2D eigenvalue weighted by molar-refractivity contribution is -0.159. The van der Waals surface area contributed by atoms with Gasteiger partial charge in [-0.25, -0.2) is 9.59 Å². The molecule has 0 saturated carbocycles. The second kappa shape index (κ2) is 14.9. The van der Waals surface area contributed by atoms with E-state index in [1.54, 1.807) is 0 Å². The van der Waals surface area contributed by atoms with Crippen LogP contribution in [0.4, 0.5) is 0 Å². The Labute approximate surface area is 228 Å². The smallest absolute Gasteiger partial charge is 0.414 e. The lowest BCUT2D eigenvalue weighted by Gasteiger charge is -2.34. The summed E-state index contributed by atoms with van der Waals surface area (Å²) in [4.78, 5) is 36.2. The lowest BCUT2D eigenvalue weighted by atomic mass is 9.94. The summed E-state index contributed by atoms with van der Waals surface area (Å²) in [6.07, 6.45) is 2.72. The van der Waals surface area contributed by atoms with Crippen molar-refractivity contribution in [2.75, 3.05) is 19.6 Å². The number of rotatable bonds is 8. The monoisotopic (exact) mass is 536 g/mol. The SMILES string of the molecule is O=C(C1CCN(Cc2ccc(Cl)cc2)CC1)N(CCc1ccccc1)Cc1ccccc1.O=C(O)C(=O)O. The molecule has 0 aliphatic carbocycles. The maximum Gasteiger partial charge on any atom is 0.414 e. The van der Waals surface area contributed by atoms with Gasteiger partial charge in [-0.15, -0.1) is 0 Å². The van der Waals surface area contributed by atoms with E-state index in [1.165, 1.54) is 16.7 Å². The van der Waals surface area contributed by atoms with Crippen molar-refractivity contribution in [2.24, 2.45) is 5.92 Å². The number of amides is 1. The van der Waals surface area contributed by atoms with E-state index in [1.807, 2.05) is 36.4 Å². The van der Waals surface area contributed by atoms with Crippen molar-refractivity contribution in [3.8, 4) is 0 Å². The number of nitrogens with zero attached hydrogens (tertiary/aromatic N) is 2. The van der Waals surface area contributed by atoms with Gasteiger partial charge in [0.15, 0.2) is 0 Å². The molecule has 1 saturated heterocycles. The molecule has 0 spiro atoms. The van der Waals surface area contributed by atoms with E-state index in [9.17, 15) is 4.79 Å². The maximum atomic E-state index is 13.5. The van der Waals surface area contributed by atoms with E-state index < -0.39 is 11.9 Å². The molecule has 1 fully saturated rings. The molecule has 38 heavy (non-hydrogen) atoms. The average molecular weight is 537 g/mol. The zero-order chi connectivity index (χ0) is 27.3. The second-order valence-corrected chi connectivity index (χ2v) is 9.70. The summed E-state index contributed by atoms with van der Waals surface area (Å²) in [5.41, 5.74) is 3.73. The number of hydrogen-bond acceptors (Lipinski definition) is 4. The molecule has 200 valence electrons. The van der Waals surface area contributed by atoms with E-state index in [-0.39, 0.29) is 5.92 Å². The Hall–Kier alpha value is -3.68. The Bertz CT molecular complexity index is 1150. The summed E-state index contributed by atoms with van der Waals surface area (Å²) in [5, 5.41) is 15.6. The van der Waals surface area contributed by atoms with Gasteiger partial charge in [-0.2, -0.15) is 0 Å². The van der Waals surface area contributed by atoms with Crippen molar-refractivity contribution in [1.29, 1.82) is 0 Å². The molecule has 0 bridgehead atoms. The lowest BCUT2D eigenvalue weighted by Crippen LogP contribution is -2.42. The Balaban J connectivity index is 0.000000599. The van der Waals surface area contributed by atoms with Crippen molar-refractivity contribution in [2.45, 2.75) is 32.4 Å². The van der Waals surface area contributed by atoms with Gasteiger partial charge in [0.2, 0.25) is 5.91 Å². The molecule has 4 rings (SSSR count). The minimum atomic E-state index is -1.82. The van der Waals surface area contributed by atoms with Gasteiger partial charge in [0, 0.05) is 30.6 Å². The highest BCUT2D eigenvalue weighted by Gasteiger charge is 2.28. The third kappa shape index (κ3) is 9.65. The van der Waals surface area contributed by atoms with Crippen molar-refractivity contribution < 1.29 is 24.6 Å². The highest BCUT2D eigenvalue weighted by molar-refractivity contribution is 6.30. The molecule has 0 aromatic heterocycles. The summed E-state index contributed by atoms with van der Waals surface area (Å²) < 4.78 is 0. The number of carbonyl (C=O) groups excluding carboxylic acids is 1. The second-order valence-electron chi connectivity index (χ2n) is 9.27. The van der Waals surface area contributed by atoms with Crippen LogP contribution in [0.15, 0.2) is 84.9 Å². The molecular weight excluding hydrogens is 504 g/mol. The van der Waals surface area contributed by atoms with Crippen LogP contribution in [0.3, 0.4) is 0 Å². The van der Waals surface area contributed by atoms with Crippen LogP contribution < -0.4 is 0 Å². The first kappa shape index (κ1) is 28.9. The third-order valence-electron chi connectivity index (χ3n) is 6.48. The van der Waals surface area contributed by atoms with Crippen LogP contribution in [0.2, 0.25) is 5.02 Å². The minimum Gasteiger partial charge on any atom is -0.473 e. The highest BCUT2D eigenvalue weighted by Crippen LogP contribution is 2.23. The van der Waals surface area contributed by atoms with Gasteiger partial charge < -0.3 is 15.1 Å². The van der Waals surface area contributed by atoms with Gasteiger partial charge in [-0.1, -0.05) is 84.4 Å². The standard InChI is InChI=1S/C28H31ClN2O.C2H2O4/c29-27-13-11-25(12-14-27)21-30-18-16-26(17-19-30)28(32)31(22-24-9-5-2-6-10-24)20-15-23-7-3-1-4-8-23;3-1(4)2(5)6/h1-14,26H,15-22H2;(H,3,4)(H,5,6). The summed E-state index contributed by atoms with van der Waals surface area (Å²) >= 11 is 6.01. The van der Waals surface area contributed by atoms with E-state index in [0.29, 0.717) is 12.5 Å². The topological polar surface area (TPSA) is 98.2 Å². The molecule has 1 aliphatic heterocycles. The largest absolute Gasteiger partial charge is 0.473 e. The van der Waals surface area contributed by atoms with E-state index in [4.69, 9.17) is 31.4 Å². The van der Waals surface area contributed by atoms with Crippen LogP contribution in [0.1, 0.15) is 29.5 Å². The number of hydrogen-bond donors (Lipinski definition) is 2. The zero-order valence-corrected chi connectivity index (χ0v) is 22.0. The van der Waals surface area contributed by atoms with Crippen molar-refractivity contribution in [1.82, 2.24) is 9.80 Å². The number of carbonyl (C=O) groups is 3. The predicted octanol–water partition coefficient (Wildman–Crippen LogP) is 4.98. The Morgan fingerprint density at radius 2 is 1.29 bits per heavy atom. The average Bonchev–Trinajstić information content (AvgIpc) is 2.94. The van der Waals surface area contributed by atoms with Gasteiger partial charge in [0.25, 0.3) is 0 Å². The van der Waals surface area contributed by atoms with E-state index in [2.05, 4.69) is 58.3 Å². The molecule has 1 aliphatic rings. The molecule has 1 heterocycles. The number of piperidine rings is 1. The van der Waals surface area contributed by atoms with E-state index in [0.717, 1.165) is 50.5 Å². The minimum absolute atomic E-state index is 0.107. The first-order chi connectivity index (χ1) is 18.3. The molecule has 3 aromatic carbocycles. The number of halogens is 1. The molecule has 8 heteroatoms. The van der Waals surface area contributed by atoms with Gasteiger partial charge in [0.1, 0.15) is 0 Å². The number of carboxylic acids is 2. The molecule has 0 atom stereocenters. The fourth-order valence-electron chi connectivity index (χ4n) is 4.42. The van der Waals surface area contributed by atoms with Crippen molar-refractivity contribution in [3.63, 3.8) is 0 Å². The van der Waals surface area contributed by atoms with E-state index >= 15 is 0 Å². The van der Waals surface area contributed by atoms with Gasteiger partial charge in [0.05, 0.1) is 0 Å². The number of likely N-dealkylation sites (tertiary alicyclic amines) is 1. The van der Waals surface area contributed by atoms with Crippen molar-refractivity contribution >= 4 is 29.4 Å². The van der Waals surface area contributed by atoms with Gasteiger partial charge in [-0.3, -0.25) is 9.69 Å². The van der Waals surface area contributed by atoms with Crippen LogP contribution in [-0.4, -0.2) is 57.5 Å². The maximum absolute atomic E-state index is 13.5. The highest BCUT2D eigenvalue weighted by atomic mass is 35.5. The molecule has 3 aromatic rings. The summed E-state index contributed by atoms with van der Waals surface area (Å²) in [5.74, 6) is -3.24. The fourth-order valence-corrected chi connectivity index (χ4v) is 4.55. The first-order valence-corrected chi connectivity index (χ1v) is 13.0. The molecule has 0 radical (unpaired) electrons. The summed E-state index contributed by atoms with van der Waals surface area (Å²) in [6, 6.07) is 28.8. The Kier molecular flexibility index (Phi) is 11.3. The van der Waals surface area contributed by atoms with Crippen LogP contribution >= 0.6 is 11.6 Å². The van der Waals surface area contributed by atoms with Gasteiger partial charge >= 0.3 is 11.9 Å². The molecule has 7 nitrogen and oxygen atoms in total. The predicted molar refractivity (Wildman–Crippen MR) is 147 cm³/mol. The van der Waals surface area contributed by atoms with Crippen LogP contribution in [0.25, 0.3) is 0 Å². The first-order valence-electron chi connectivity index (χ1n) is 12.6. The fraction of sp³-hybridized carbons (Fsp3) is 0.300. The van der Waals surface area contributed by atoms with Crippen LogP contribution in [-0.2, 0) is 33.9 Å².